The lowest BCUT2D eigenvalue weighted by molar-refractivity contribution is -0.126. The lowest BCUT2D eigenvalue weighted by atomic mass is 9.58. The van der Waals surface area contributed by atoms with Crippen LogP contribution in [-0.4, -0.2) is 52.9 Å². The van der Waals surface area contributed by atoms with Crippen LogP contribution in [0.5, 0.6) is 11.8 Å². The predicted molar refractivity (Wildman–Crippen MR) is 148 cm³/mol. The molecule has 1 aliphatic heterocycles. The van der Waals surface area contributed by atoms with E-state index in [2.05, 4.69) is 20.5 Å². The second-order valence-corrected chi connectivity index (χ2v) is 13.2. The number of ether oxygens (including phenoxy) is 1. The number of aromatic nitrogens is 4. The van der Waals surface area contributed by atoms with Gasteiger partial charge >= 0.3 is 0 Å². The van der Waals surface area contributed by atoms with Crippen molar-refractivity contribution in [3.05, 3.63) is 70.9 Å². The topological polar surface area (TPSA) is 127 Å². The molecule has 12 heteroatoms. The molecule has 1 aromatic carbocycles. The number of hydrogen-bond donors (Lipinski definition) is 1. The molecule has 1 N–H and O–H groups in total. The largest absolute Gasteiger partial charge is 0.420 e. The zero-order valence-electron chi connectivity index (χ0n) is 22.4. The number of fused-ring (bicyclic) bond motifs is 2. The van der Waals surface area contributed by atoms with Crippen molar-refractivity contribution in [2.75, 3.05) is 19.4 Å². The molecule has 10 nitrogen and oxygen atoms in total. The van der Waals surface area contributed by atoms with Gasteiger partial charge in [0.05, 0.1) is 16.0 Å². The highest BCUT2D eigenvalue weighted by Gasteiger charge is 2.54. The number of sulfonamides is 1. The fourth-order valence-corrected chi connectivity index (χ4v) is 6.02. The summed E-state index contributed by atoms with van der Waals surface area (Å²) in [6.45, 7) is 7.61. The van der Waals surface area contributed by atoms with Gasteiger partial charge in [0.15, 0.2) is 0 Å². The van der Waals surface area contributed by atoms with Gasteiger partial charge in [-0.1, -0.05) is 35.6 Å². The van der Waals surface area contributed by atoms with E-state index in [0.29, 0.717) is 22.6 Å². The summed E-state index contributed by atoms with van der Waals surface area (Å²) in [5, 5.41) is 11.1. The van der Waals surface area contributed by atoms with E-state index in [1.54, 1.807) is 29.8 Å². The number of pyridine rings is 2. The first-order valence-electron chi connectivity index (χ1n) is 12.1. The smallest absolute Gasteiger partial charge is 0.242 e. The van der Waals surface area contributed by atoms with Crippen molar-refractivity contribution in [1.82, 2.24) is 24.5 Å². The molecule has 3 aromatic heterocycles. The number of nitrogens with one attached hydrogen (secondary N) is 1. The third-order valence-electron chi connectivity index (χ3n) is 7.46. The summed E-state index contributed by atoms with van der Waals surface area (Å²) >= 11 is 1.25. The summed E-state index contributed by atoms with van der Waals surface area (Å²) < 4.78 is 32.4. The number of anilines is 1. The highest BCUT2D eigenvalue weighted by Crippen LogP contribution is 2.55. The Hall–Kier alpha value is -3.74. The maximum atomic E-state index is 13.7. The standard InChI is InChI=1S/C27H28N6O4S2/c1-16-7-12-19-22(29-16)37-23-20(27(19,4)26(2,3)24(34)31-25-32-28-15-38-25)13-14-21(30-23)17-8-10-18(11-9-17)39(35,36)33(5)6/h7-15H,1-6H3,(H,31,32,34). The third kappa shape index (κ3) is 4.38. The molecule has 1 amide bonds. The third-order valence-corrected chi connectivity index (χ3v) is 9.89. The van der Waals surface area contributed by atoms with Gasteiger partial charge in [0.2, 0.25) is 32.8 Å². The summed E-state index contributed by atoms with van der Waals surface area (Å²) in [5.41, 5.74) is 3.27. The van der Waals surface area contributed by atoms with E-state index >= 15 is 0 Å². The quantitative estimate of drug-likeness (QED) is 0.359. The van der Waals surface area contributed by atoms with Crippen molar-refractivity contribution >= 4 is 32.4 Å². The maximum Gasteiger partial charge on any atom is 0.242 e. The van der Waals surface area contributed by atoms with E-state index in [4.69, 9.17) is 9.72 Å². The SMILES string of the molecule is Cc1ccc2c(n1)Oc1nc(-c3ccc(S(=O)(=O)N(C)C)cc3)ccc1C2(C)C(C)(C)C(=O)Nc1nncs1. The Bertz CT molecular complexity index is 1670. The molecular weight excluding hydrogens is 536 g/mol. The summed E-state index contributed by atoms with van der Waals surface area (Å²) in [6, 6.07) is 14.1. The minimum atomic E-state index is -3.55. The van der Waals surface area contributed by atoms with E-state index in [9.17, 15) is 13.2 Å². The van der Waals surface area contributed by atoms with E-state index in [1.165, 1.54) is 29.7 Å². The molecule has 1 aliphatic rings. The number of nitrogens with zero attached hydrogens (tertiary/aromatic N) is 5. The van der Waals surface area contributed by atoms with Crippen molar-refractivity contribution in [2.24, 2.45) is 5.41 Å². The molecule has 0 aliphatic carbocycles. The van der Waals surface area contributed by atoms with Gasteiger partial charge in [0.1, 0.15) is 5.51 Å². The first-order valence-corrected chi connectivity index (χ1v) is 14.5. The van der Waals surface area contributed by atoms with Gasteiger partial charge in [0, 0.05) is 41.9 Å². The van der Waals surface area contributed by atoms with Crippen LogP contribution in [0.15, 0.2) is 58.9 Å². The van der Waals surface area contributed by atoms with Crippen molar-refractivity contribution in [1.29, 1.82) is 0 Å². The molecule has 0 bridgehead atoms. The molecule has 5 rings (SSSR count). The van der Waals surface area contributed by atoms with Crippen LogP contribution < -0.4 is 10.1 Å². The number of carbonyl (C=O) groups excluding carboxylic acids is 1. The average Bonchev–Trinajstić information content (AvgIpc) is 3.41. The molecule has 1 atom stereocenters. The Labute approximate surface area is 231 Å². The molecular formula is C27H28N6O4S2. The number of hydrogen-bond acceptors (Lipinski definition) is 9. The predicted octanol–water partition coefficient (Wildman–Crippen LogP) is 4.63. The van der Waals surface area contributed by atoms with E-state index in [1.807, 2.05) is 52.0 Å². The van der Waals surface area contributed by atoms with E-state index < -0.39 is 20.9 Å². The first-order chi connectivity index (χ1) is 18.4. The molecule has 0 spiro atoms. The first kappa shape index (κ1) is 26.9. The average molecular weight is 565 g/mol. The second-order valence-electron chi connectivity index (χ2n) is 10.2. The summed E-state index contributed by atoms with van der Waals surface area (Å²) in [6.07, 6.45) is 0. The molecule has 1 unspecified atom stereocenters. The monoisotopic (exact) mass is 564 g/mol. The highest BCUT2D eigenvalue weighted by molar-refractivity contribution is 7.89. The fourth-order valence-electron chi connectivity index (χ4n) is 4.68. The molecule has 4 aromatic rings. The molecule has 0 radical (unpaired) electrons. The van der Waals surface area contributed by atoms with Crippen LogP contribution in [0.2, 0.25) is 0 Å². The zero-order valence-corrected chi connectivity index (χ0v) is 24.0. The Morgan fingerprint density at radius 3 is 2.26 bits per heavy atom. The lowest BCUT2D eigenvalue weighted by Gasteiger charge is -2.46. The van der Waals surface area contributed by atoms with Crippen molar-refractivity contribution in [3.63, 3.8) is 0 Å². The number of amides is 1. The molecule has 39 heavy (non-hydrogen) atoms. The van der Waals surface area contributed by atoms with E-state index in [0.717, 1.165) is 22.4 Å². The molecule has 0 saturated carbocycles. The second kappa shape index (κ2) is 9.47. The minimum absolute atomic E-state index is 0.190. The normalized spacial score (nSPS) is 16.8. The van der Waals surface area contributed by atoms with Gasteiger partial charge in [0.25, 0.3) is 0 Å². The van der Waals surface area contributed by atoms with Crippen molar-refractivity contribution in [3.8, 4) is 23.0 Å². The van der Waals surface area contributed by atoms with Crippen LogP contribution in [0, 0.1) is 12.3 Å². The number of benzene rings is 1. The van der Waals surface area contributed by atoms with Gasteiger partial charge in [-0.15, -0.1) is 10.2 Å². The van der Waals surface area contributed by atoms with Gasteiger partial charge in [-0.05, 0) is 52.0 Å². The molecule has 202 valence electrons. The van der Waals surface area contributed by atoms with Crippen LogP contribution >= 0.6 is 11.3 Å². The van der Waals surface area contributed by atoms with Gasteiger partial charge < -0.3 is 10.1 Å². The fraction of sp³-hybridized carbons (Fsp3) is 0.296. The van der Waals surface area contributed by atoms with Crippen LogP contribution in [0.4, 0.5) is 5.13 Å². The van der Waals surface area contributed by atoms with Crippen LogP contribution in [0.25, 0.3) is 11.3 Å². The minimum Gasteiger partial charge on any atom is -0.420 e. The van der Waals surface area contributed by atoms with E-state index in [-0.39, 0.29) is 10.8 Å². The molecule has 4 heterocycles. The van der Waals surface area contributed by atoms with Crippen molar-refractivity contribution < 1.29 is 17.9 Å². The van der Waals surface area contributed by atoms with Gasteiger partial charge in [-0.3, -0.25) is 4.79 Å². The van der Waals surface area contributed by atoms with Crippen LogP contribution in [0.1, 0.15) is 37.6 Å². The lowest BCUT2D eigenvalue weighted by Crippen LogP contribution is -2.50. The molecule has 0 saturated heterocycles. The van der Waals surface area contributed by atoms with Gasteiger partial charge in [-0.25, -0.2) is 22.7 Å². The Morgan fingerprint density at radius 1 is 1.00 bits per heavy atom. The molecule has 0 fully saturated rings. The van der Waals surface area contributed by atoms with Gasteiger partial charge in [-0.2, -0.15) is 0 Å². The highest BCUT2D eigenvalue weighted by atomic mass is 32.2. The maximum absolute atomic E-state index is 13.7. The zero-order chi connectivity index (χ0) is 28.2. The number of rotatable bonds is 6. The number of aryl methyl sites for hydroxylation is 1. The van der Waals surface area contributed by atoms with Crippen molar-refractivity contribution in [2.45, 2.75) is 38.0 Å². The van der Waals surface area contributed by atoms with Crippen LogP contribution in [0.3, 0.4) is 0 Å². The summed E-state index contributed by atoms with van der Waals surface area (Å²) in [4.78, 5) is 23.3. The summed E-state index contributed by atoms with van der Waals surface area (Å²) in [7, 11) is -0.568. The summed E-state index contributed by atoms with van der Waals surface area (Å²) in [5.74, 6) is 0.490. The Balaban J connectivity index is 1.60. The Kier molecular flexibility index (Phi) is 6.52. The number of carbonyl (C=O) groups is 1. The Morgan fingerprint density at radius 2 is 1.64 bits per heavy atom. The van der Waals surface area contributed by atoms with Crippen LogP contribution in [-0.2, 0) is 20.2 Å².